The van der Waals surface area contributed by atoms with Gasteiger partial charge in [-0.25, -0.2) is 4.98 Å². The molecule has 1 aromatic heterocycles. The van der Waals surface area contributed by atoms with Gasteiger partial charge in [0.15, 0.2) is 11.5 Å². The Morgan fingerprint density at radius 3 is 2.67 bits per heavy atom. The molecule has 3 N–H and O–H groups in total. The van der Waals surface area contributed by atoms with Crippen LogP contribution in [0.3, 0.4) is 0 Å². The van der Waals surface area contributed by atoms with Crippen molar-refractivity contribution < 1.29 is 14.6 Å². The van der Waals surface area contributed by atoms with Gasteiger partial charge in [-0.2, -0.15) is 0 Å². The number of hydrogen-bond acceptors (Lipinski definition) is 5. The Labute approximate surface area is 105 Å². The number of fused-ring (bicyclic) bond motifs is 1. The average Bonchev–Trinajstić information content (AvgIpc) is 2.78. The summed E-state index contributed by atoms with van der Waals surface area (Å²) in [4.78, 5) is 7.53. The van der Waals surface area contributed by atoms with E-state index in [1.807, 2.05) is 12.1 Å². The molecule has 0 aliphatic heterocycles. The number of nitrogens with one attached hydrogen (secondary N) is 2. The zero-order chi connectivity index (χ0) is 13.0. The van der Waals surface area contributed by atoms with E-state index in [4.69, 9.17) is 14.6 Å². The molecular formula is C12H17N3O3. The van der Waals surface area contributed by atoms with Crippen molar-refractivity contribution in [2.24, 2.45) is 0 Å². The third-order valence-electron chi connectivity index (χ3n) is 2.61. The van der Waals surface area contributed by atoms with Gasteiger partial charge in [-0.05, 0) is 6.42 Å². The second kappa shape index (κ2) is 5.59. The number of benzene rings is 1. The first-order valence-corrected chi connectivity index (χ1v) is 5.75. The number of H-pyrrole nitrogens is 1. The van der Waals surface area contributed by atoms with Crippen molar-refractivity contribution in [1.82, 2.24) is 9.97 Å². The number of methoxy groups -OCH3 is 2. The summed E-state index contributed by atoms with van der Waals surface area (Å²) < 4.78 is 10.4. The first-order valence-electron chi connectivity index (χ1n) is 5.75. The zero-order valence-electron chi connectivity index (χ0n) is 10.5. The van der Waals surface area contributed by atoms with Crippen LogP contribution in [0.15, 0.2) is 12.1 Å². The van der Waals surface area contributed by atoms with E-state index >= 15 is 0 Å². The molecule has 1 heterocycles. The lowest BCUT2D eigenvalue weighted by Gasteiger charge is -2.06. The number of aliphatic hydroxyl groups excluding tert-OH is 1. The predicted molar refractivity (Wildman–Crippen MR) is 69.4 cm³/mol. The van der Waals surface area contributed by atoms with Crippen molar-refractivity contribution in [2.45, 2.75) is 6.42 Å². The Morgan fingerprint density at radius 2 is 2.00 bits per heavy atom. The molecule has 0 bridgehead atoms. The van der Waals surface area contributed by atoms with Gasteiger partial charge in [0.2, 0.25) is 5.95 Å². The van der Waals surface area contributed by atoms with E-state index in [0.717, 1.165) is 11.0 Å². The van der Waals surface area contributed by atoms with Crippen LogP contribution in [0, 0.1) is 0 Å². The van der Waals surface area contributed by atoms with E-state index in [9.17, 15) is 0 Å². The van der Waals surface area contributed by atoms with Crippen molar-refractivity contribution in [3.05, 3.63) is 12.1 Å². The lowest BCUT2D eigenvalue weighted by Crippen LogP contribution is -2.04. The summed E-state index contributed by atoms with van der Waals surface area (Å²) in [6, 6.07) is 3.67. The van der Waals surface area contributed by atoms with Gasteiger partial charge in [0.05, 0.1) is 25.3 Å². The second-order valence-electron chi connectivity index (χ2n) is 3.81. The number of aromatic nitrogens is 2. The minimum Gasteiger partial charge on any atom is -0.493 e. The number of ether oxygens (including phenoxy) is 2. The normalized spacial score (nSPS) is 10.6. The molecule has 0 amide bonds. The third-order valence-corrected chi connectivity index (χ3v) is 2.61. The van der Waals surface area contributed by atoms with Crippen LogP contribution in [-0.4, -0.2) is 42.4 Å². The summed E-state index contributed by atoms with van der Waals surface area (Å²) in [6.07, 6.45) is 0.684. The minimum atomic E-state index is 0.162. The summed E-state index contributed by atoms with van der Waals surface area (Å²) in [5.74, 6) is 1.99. The van der Waals surface area contributed by atoms with Gasteiger partial charge in [-0.15, -0.1) is 0 Å². The standard InChI is InChI=1S/C12H17N3O3/c1-17-10-6-8-9(7-11(10)18-2)15-12(14-8)13-4-3-5-16/h6-7,16H,3-5H2,1-2H3,(H2,13,14,15). The molecule has 6 nitrogen and oxygen atoms in total. The second-order valence-corrected chi connectivity index (χ2v) is 3.81. The van der Waals surface area contributed by atoms with Gasteiger partial charge in [0.25, 0.3) is 0 Å². The van der Waals surface area contributed by atoms with Crippen molar-refractivity contribution in [1.29, 1.82) is 0 Å². The van der Waals surface area contributed by atoms with E-state index in [-0.39, 0.29) is 6.61 Å². The highest BCUT2D eigenvalue weighted by Crippen LogP contribution is 2.31. The molecule has 0 aliphatic carbocycles. The molecule has 1 aromatic carbocycles. The molecule has 0 fully saturated rings. The largest absolute Gasteiger partial charge is 0.493 e. The molecule has 6 heteroatoms. The van der Waals surface area contributed by atoms with Gasteiger partial charge >= 0.3 is 0 Å². The van der Waals surface area contributed by atoms with Crippen LogP contribution in [-0.2, 0) is 0 Å². The van der Waals surface area contributed by atoms with Crippen molar-refractivity contribution in [2.75, 3.05) is 32.7 Å². The third kappa shape index (κ3) is 2.48. The molecule has 0 aliphatic rings. The summed E-state index contributed by atoms with van der Waals surface area (Å²) in [5.41, 5.74) is 1.68. The van der Waals surface area contributed by atoms with Crippen molar-refractivity contribution in [3.8, 4) is 11.5 Å². The van der Waals surface area contributed by atoms with Crippen LogP contribution in [0.25, 0.3) is 11.0 Å². The summed E-state index contributed by atoms with van der Waals surface area (Å²) in [6.45, 7) is 0.833. The topological polar surface area (TPSA) is 79.4 Å². The number of imidazole rings is 1. The SMILES string of the molecule is COc1cc2nc(NCCCO)[nH]c2cc1OC. The molecular weight excluding hydrogens is 234 g/mol. The van der Waals surface area contributed by atoms with Crippen molar-refractivity contribution >= 4 is 17.0 Å². The Bertz CT molecular complexity index is 484. The Morgan fingerprint density at radius 1 is 1.28 bits per heavy atom. The summed E-state index contributed by atoms with van der Waals surface area (Å²) in [7, 11) is 3.19. The van der Waals surface area contributed by atoms with Gasteiger partial charge < -0.3 is 24.9 Å². The fourth-order valence-electron chi connectivity index (χ4n) is 1.71. The van der Waals surface area contributed by atoms with Crippen LogP contribution in [0.2, 0.25) is 0 Å². The smallest absolute Gasteiger partial charge is 0.201 e. The molecule has 0 radical (unpaired) electrons. The van der Waals surface area contributed by atoms with E-state index in [2.05, 4.69) is 15.3 Å². The molecule has 0 saturated heterocycles. The van der Waals surface area contributed by atoms with Gasteiger partial charge in [-0.3, -0.25) is 0 Å². The van der Waals surface area contributed by atoms with Crippen LogP contribution < -0.4 is 14.8 Å². The Balaban J connectivity index is 2.27. The predicted octanol–water partition coefficient (Wildman–Crippen LogP) is 1.37. The van der Waals surface area contributed by atoms with E-state index in [1.54, 1.807) is 14.2 Å². The summed E-state index contributed by atoms with van der Waals surface area (Å²) in [5, 5.41) is 11.8. The molecule has 0 spiro atoms. The number of anilines is 1. The molecule has 0 atom stereocenters. The maximum Gasteiger partial charge on any atom is 0.201 e. The number of rotatable bonds is 6. The first kappa shape index (κ1) is 12.5. The fourth-order valence-corrected chi connectivity index (χ4v) is 1.71. The van der Waals surface area contributed by atoms with E-state index < -0.39 is 0 Å². The molecule has 2 rings (SSSR count). The van der Waals surface area contributed by atoms with Crippen LogP contribution >= 0.6 is 0 Å². The first-order chi connectivity index (χ1) is 8.78. The molecule has 98 valence electrons. The number of aliphatic hydroxyl groups is 1. The monoisotopic (exact) mass is 251 g/mol. The maximum absolute atomic E-state index is 8.72. The number of hydrogen-bond donors (Lipinski definition) is 3. The van der Waals surface area contributed by atoms with Gasteiger partial charge in [-0.1, -0.05) is 0 Å². The highest BCUT2D eigenvalue weighted by Gasteiger charge is 2.09. The fraction of sp³-hybridized carbons (Fsp3) is 0.417. The molecule has 2 aromatic rings. The number of aromatic amines is 1. The maximum atomic E-state index is 8.72. The van der Waals surface area contributed by atoms with Crippen molar-refractivity contribution in [3.63, 3.8) is 0 Å². The van der Waals surface area contributed by atoms with Crippen LogP contribution in [0.5, 0.6) is 11.5 Å². The average molecular weight is 251 g/mol. The zero-order valence-corrected chi connectivity index (χ0v) is 10.5. The minimum absolute atomic E-state index is 0.162. The molecule has 0 saturated carbocycles. The molecule has 18 heavy (non-hydrogen) atoms. The van der Waals surface area contributed by atoms with Crippen LogP contribution in [0.4, 0.5) is 5.95 Å². The van der Waals surface area contributed by atoms with Gasteiger partial charge in [0.1, 0.15) is 0 Å². The summed E-state index contributed by atoms with van der Waals surface area (Å²) >= 11 is 0. The Kier molecular flexibility index (Phi) is 3.88. The highest BCUT2D eigenvalue weighted by molar-refractivity contribution is 5.81. The highest BCUT2D eigenvalue weighted by atomic mass is 16.5. The Hall–Kier alpha value is -1.95. The molecule has 0 unspecified atom stereocenters. The van der Waals surface area contributed by atoms with Gasteiger partial charge in [0, 0.05) is 25.3 Å². The quantitative estimate of drug-likeness (QED) is 0.676. The van der Waals surface area contributed by atoms with E-state index in [1.165, 1.54) is 0 Å². The lowest BCUT2D eigenvalue weighted by atomic mass is 10.3. The van der Waals surface area contributed by atoms with Crippen LogP contribution in [0.1, 0.15) is 6.42 Å². The number of nitrogens with zero attached hydrogens (tertiary/aromatic N) is 1. The lowest BCUT2D eigenvalue weighted by molar-refractivity contribution is 0.292. The van der Waals surface area contributed by atoms with E-state index in [0.29, 0.717) is 30.4 Å².